The second-order valence-electron chi connectivity index (χ2n) is 2.65. The maximum atomic E-state index is 12.7. The van der Waals surface area contributed by atoms with E-state index in [9.17, 15) is 9.18 Å². The van der Waals surface area contributed by atoms with Gasteiger partial charge in [0.1, 0.15) is 6.17 Å². The molecule has 4 heteroatoms. The number of rotatable bonds is 1. The van der Waals surface area contributed by atoms with Gasteiger partial charge in [-0.25, -0.2) is 9.18 Å². The van der Waals surface area contributed by atoms with Crippen molar-refractivity contribution in [3.63, 3.8) is 0 Å². The molecule has 0 aromatic carbocycles. The van der Waals surface area contributed by atoms with E-state index in [1.807, 2.05) is 0 Å². The molecular formula is C7H10FNO2. The third kappa shape index (κ3) is 1.77. The summed E-state index contributed by atoms with van der Waals surface area (Å²) in [5.41, 5.74) is 5.56. The highest BCUT2D eigenvalue weighted by Gasteiger charge is 2.24. The monoisotopic (exact) mass is 159 g/mol. The summed E-state index contributed by atoms with van der Waals surface area (Å²) in [5.74, 6) is -0.993. The molecule has 0 fully saturated rings. The Hall–Kier alpha value is -0.900. The molecule has 1 aliphatic carbocycles. The number of alkyl halides is 1. The fraction of sp³-hybridized carbons (Fsp3) is 0.571. The van der Waals surface area contributed by atoms with Gasteiger partial charge in [-0.2, -0.15) is 0 Å². The fourth-order valence-corrected chi connectivity index (χ4v) is 1.07. The fourth-order valence-electron chi connectivity index (χ4n) is 1.07. The van der Waals surface area contributed by atoms with Crippen LogP contribution in [-0.4, -0.2) is 23.3 Å². The van der Waals surface area contributed by atoms with Gasteiger partial charge in [-0.05, 0) is 12.8 Å². The van der Waals surface area contributed by atoms with Crippen LogP contribution >= 0.6 is 0 Å². The minimum Gasteiger partial charge on any atom is -0.478 e. The van der Waals surface area contributed by atoms with Crippen LogP contribution in [0, 0.1) is 0 Å². The molecule has 0 aromatic heterocycles. The van der Waals surface area contributed by atoms with Gasteiger partial charge in [0, 0.05) is 11.6 Å². The van der Waals surface area contributed by atoms with Gasteiger partial charge in [-0.1, -0.05) is 6.08 Å². The van der Waals surface area contributed by atoms with Crippen LogP contribution in [0.1, 0.15) is 12.8 Å². The quantitative estimate of drug-likeness (QED) is 0.584. The van der Waals surface area contributed by atoms with E-state index >= 15 is 0 Å². The number of carboxylic acids is 1. The largest absolute Gasteiger partial charge is 0.478 e. The Labute approximate surface area is 63.7 Å². The van der Waals surface area contributed by atoms with Crippen molar-refractivity contribution in [1.82, 2.24) is 0 Å². The zero-order valence-corrected chi connectivity index (χ0v) is 5.96. The van der Waals surface area contributed by atoms with Crippen molar-refractivity contribution in [2.24, 2.45) is 5.73 Å². The first-order valence-electron chi connectivity index (χ1n) is 3.43. The Morgan fingerprint density at radius 2 is 2.45 bits per heavy atom. The summed E-state index contributed by atoms with van der Waals surface area (Å²) in [6.45, 7) is 0. The highest BCUT2D eigenvalue weighted by molar-refractivity contribution is 5.86. The summed E-state index contributed by atoms with van der Waals surface area (Å²) in [6, 6.07) is -0.647. The van der Waals surface area contributed by atoms with E-state index in [4.69, 9.17) is 10.8 Å². The van der Waals surface area contributed by atoms with Crippen LogP contribution in [0.2, 0.25) is 0 Å². The minimum absolute atomic E-state index is 0.128. The molecule has 3 nitrogen and oxygen atoms in total. The van der Waals surface area contributed by atoms with Crippen LogP contribution in [-0.2, 0) is 4.79 Å². The molecule has 0 aromatic rings. The maximum absolute atomic E-state index is 12.7. The van der Waals surface area contributed by atoms with Crippen LogP contribution < -0.4 is 5.73 Å². The second kappa shape index (κ2) is 3.00. The van der Waals surface area contributed by atoms with Gasteiger partial charge in [0.15, 0.2) is 0 Å². The van der Waals surface area contributed by atoms with Gasteiger partial charge in [-0.3, -0.25) is 0 Å². The minimum atomic E-state index is -1.09. The van der Waals surface area contributed by atoms with E-state index < -0.39 is 18.2 Å². The average molecular weight is 159 g/mol. The zero-order valence-electron chi connectivity index (χ0n) is 5.96. The Morgan fingerprint density at radius 3 is 2.91 bits per heavy atom. The van der Waals surface area contributed by atoms with Crippen molar-refractivity contribution in [3.8, 4) is 0 Å². The molecule has 3 N–H and O–H groups in total. The van der Waals surface area contributed by atoms with E-state index in [1.54, 1.807) is 0 Å². The maximum Gasteiger partial charge on any atom is 0.331 e. The van der Waals surface area contributed by atoms with Crippen molar-refractivity contribution in [1.29, 1.82) is 0 Å². The summed E-state index contributed by atoms with van der Waals surface area (Å²) < 4.78 is 12.7. The summed E-state index contributed by atoms with van der Waals surface area (Å²) in [5, 5.41) is 8.50. The Kier molecular flexibility index (Phi) is 2.24. The number of hydrogen-bond donors (Lipinski definition) is 2. The standard InChI is InChI=1S/C7H10FNO2/c8-5-2-1-4(7(10)11)3-6(5)9/h1,5-6H,2-3,9H2,(H,10,11)/t5-,6-/m0/s1. The van der Waals surface area contributed by atoms with E-state index in [0.29, 0.717) is 0 Å². The molecule has 0 spiro atoms. The van der Waals surface area contributed by atoms with Gasteiger partial charge in [0.2, 0.25) is 0 Å². The summed E-state index contributed by atoms with van der Waals surface area (Å²) in [4.78, 5) is 10.4. The number of nitrogens with two attached hydrogens (primary N) is 1. The number of hydrogen-bond acceptors (Lipinski definition) is 2. The molecular weight excluding hydrogens is 149 g/mol. The summed E-state index contributed by atoms with van der Waals surface area (Å²) >= 11 is 0. The highest BCUT2D eigenvalue weighted by Crippen LogP contribution is 2.19. The van der Waals surface area contributed by atoms with Crippen LogP contribution in [0.5, 0.6) is 0 Å². The van der Waals surface area contributed by atoms with Crippen molar-refractivity contribution in [2.45, 2.75) is 25.1 Å². The third-order valence-electron chi connectivity index (χ3n) is 1.78. The lowest BCUT2D eigenvalue weighted by Gasteiger charge is -2.20. The number of halogens is 1. The Balaban J connectivity index is 2.66. The molecule has 0 heterocycles. The molecule has 0 aliphatic heterocycles. The van der Waals surface area contributed by atoms with E-state index in [2.05, 4.69) is 0 Å². The first-order chi connectivity index (χ1) is 5.11. The first-order valence-corrected chi connectivity index (χ1v) is 3.43. The first kappa shape index (κ1) is 8.20. The van der Waals surface area contributed by atoms with Crippen molar-refractivity contribution in [2.75, 3.05) is 0 Å². The zero-order chi connectivity index (χ0) is 8.43. The molecule has 62 valence electrons. The van der Waals surface area contributed by atoms with Gasteiger partial charge in [0.25, 0.3) is 0 Å². The average Bonchev–Trinajstić information content (AvgIpc) is 1.94. The SMILES string of the molecule is N[C@H]1CC(C(=O)O)=CC[C@@H]1F. The predicted molar refractivity (Wildman–Crippen MR) is 37.8 cm³/mol. The van der Waals surface area contributed by atoms with Crippen LogP contribution in [0.3, 0.4) is 0 Å². The van der Waals surface area contributed by atoms with Gasteiger partial charge in [-0.15, -0.1) is 0 Å². The number of carbonyl (C=O) groups is 1. The molecule has 0 saturated carbocycles. The van der Waals surface area contributed by atoms with E-state index in [1.165, 1.54) is 6.08 Å². The van der Waals surface area contributed by atoms with Crippen LogP contribution in [0.4, 0.5) is 4.39 Å². The normalized spacial score (nSPS) is 31.3. The molecule has 1 aliphatic rings. The van der Waals surface area contributed by atoms with E-state index in [-0.39, 0.29) is 18.4 Å². The third-order valence-corrected chi connectivity index (χ3v) is 1.78. The molecule has 2 atom stereocenters. The van der Waals surface area contributed by atoms with Gasteiger partial charge < -0.3 is 10.8 Å². The van der Waals surface area contributed by atoms with Crippen molar-refractivity contribution < 1.29 is 14.3 Å². The van der Waals surface area contributed by atoms with Crippen LogP contribution in [0.15, 0.2) is 11.6 Å². The molecule has 0 saturated heterocycles. The van der Waals surface area contributed by atoms with E-state index in [0.717, 1.165) is 0 Å². The molecule has 0 bridgehead atoms. The lowest BCUT2D eigenvalue weighted by molar-refractivity contribution is -0.133. The second-order valence-corrected chi connectivity index (χ2v) is 2.65. The highest BCUT2D eigenvalue weighted by atomic mass is 19.1. The number of carboxylic acid groups (broad SMARTS) is 1. The Morgan fingerprint density at radius 1 is 1.82 bits per heavy atom. The molecule has 0 amide bonds. The number of aliphatic carboxylic acids is 1. The predicted octanol–water partition coefficient (Wildman–Crippen LogP) is 0.457. The summed E-state index contributed by atoms with van der Waals surface area (Å²) in [6.07, 6.45) is 0.577. The number of allylic oxidation sites excluding steroid dienone is 1. The van der Waals surface area contributed by atoms with Crippen molar-refractivity contribution >= 4 is 5.97 Å². The lowest BCUT2D eigenvalue weighted by Crippen LogP contribution is -2.35. The molecule has 0 unspecified atom stereocenters. The summed E-state index contributed by atoms with van der Waals surface area (Å²) in [7, 11) is 0. The molecule has 11 heavy (non-hydrogen) atoms. The van der Waals surface area contributed by atoms with Gasteiger partial charge in [0.05, 0.1) is 0 Å². The smallest absolute Gasteiger partial charge is 0.331 e. The topological polar surface area (TPSA) is 63.3 Å². The molecule has 1 rings (SSSR count). The Bertz CT molecular complexity index is 203. The lowest BCUT2D eigenvalue weighted by atomic mass is 9.94. The van der Waals surface area contributed by atoms with Gasteiger partial charge >= 0.3 is 5.97 Å². The van der Waals surface area contributed by atoms with Crippen LogP contribution in [0.25, 0.3) is 0 Å². The molecule has 0 radical (unpaired) electrons. The van der Waals surface area contributed by atoms with Crippen molar-refractivity contribution in [3.05, 3.63) is 11.6 Å².